The van der Waals surface area contributed by atoms with E-state index in [0.29, 0.717) is 31.4 Å². The van der Waals surface area contributed by atoms with Crippen molar-refractivity contribution in [3.05, 3.63) is 48.0 Å². The number of carbonyl (C=O) groups is 4. The first-order valence-electron chi connectivity index (χ1n) is 21.5. The lowest BCUT2D eigenvalue weighted by molar-refractivity contribution is -0.299. The molecule has 14 heteroatoms. The molecule has 1 aromatic carbocycles. The van der Waals surface area contributed by atoms with E-state index in [-0.39, 0.29) is 37.5 Å². The van der Waals surface area contributed by atoms with Crippen LogP contribution in [-0.4, -0.2) is 133 Å². The van der Waals surface area contributed by atoms with E-state index in [0.717, 1.165) is 12.8 Å². The molecule has 2 N–H and O–H groups in total. The molecular formula is C45H69N3O11. The van der Waals surface area contributed by atoms with Gasteiger partial charge in [-0.05, 0) is 91.5 Å². The zero-order chi connectivity index (χ0) is 43.4. The second kappa shape index (κ2) is 19.4. The van der Waals surface area contributed by atoms with Crippen molar-refractivity contribution >= 4 is 23.9 Å². The fourth-order valence-electron chi connectivity index (χ4n) is 10.0. The predicted octanol–water partition coefficient (Wildman–Crippen LogP) is 5.68. The predicted molar refractivity (Wildman–Crippen MR) is 220 cm³/mol. The number of nitrogens with one attached hydrogen (secondary N) is 1. The molecule has 4 heterocycles. The number of carbonyl (C=O) groups excluding carboxylic acids is 4. The van der Waals surface area contributed by atoms with Crippen LogP contribution in [0.15, 0.2) is 42.5 Å². The number of hydrogen-bond acceptors (Lipinski definition) is 12. The zero-order valence-electron chi connectivity index (χ0n) is 36.8. The minimum absolute atomic E-state index is 0.00111. The van der Waals surface area contributed by atoms with Crippen LogP contribution < -0.4 is 5.32 Å². The minimum atomic E-state index is -1.55. The summed E-state index contributed by atoms with van der Waals surface area (Å²) in [5.41, 5.74) is -1.20. The smallest absolute Gasteiger partial charge is 0.410 e. The highest BCUT2D eigenvalue weighted by Gasteiger charge is 2.60. The number of aliphatic hydroxyl groups is 1. The number of alkyl carbamates (subject to hydrolysis) is 1. The fourth-order valence-corrected chi connectivity index (χ4v) is 10.0. The molecule has 4 saturated heterocycles. The highest BCUT2D eigenvalue weighted by Crippen LogP contribution is 2.44. The third-order valence-electron chi connectivity index (χ3n) is 13.1. The van der Waals surface area contributed by atoms with Crippen molar-refractivity contribution in [3.63, 3.8) is 0 Å². The normalized spacial score (nSPS) is 39.1. The van der Waals surface area contributed by atoms with E-state index >= 15 is 0 Å². The molecule has 4 aliphatic rings. The van der Waals surface area contributed by atoms with E-state index in [1.807, 2.05) is 58.0 Å². The molecule has 2 amide bonds. The number of ether oxygens (including phenoxy) is 6. The van der Waals surface area contributed by atoms with Gasteiger partial charge in [-0.25, -0.2) is 9.59 Å². The maximum atomic E-state index is 14.9. The fraction of sp³-hybridized carbons (Fsp3) is 0.733. The molecule has 0 aliphatic carbocycles. The average molecular weight is 828 g/mol. The summed E-state index contributed by atoms with van der Waals surface area (Å²) in [5, 5.41) is 14.4. The number of benzene rings is 1. The second-order valence-electron chi connectivity index (χ2n) is 18.1. The maximum Gasteiger partial charge on any atom is 0.410 e. The Hall–Kier alpha value is -3.56. The molecule has 4 fully saturated rings. The maximum absolute atomic E-state index is 14.9. The highest BCUT2D eigenvalue weighted by atomic mass is 16.7. The summed E-state index contributed by atoms with van der Waals surface area (Å²) in [4.78, 5) is 60.6. The number of aryl methyl sites for hydroxylation is 1. The number of amides is 2. The number of Topliss-reactive ketones (excluding diaryl/α,β-unsaturated/α-hetero) is 1. The van der Waals surface area contributed by atoms with Gasteiger partial charge in [-0.15, -0.1) is 0 Å². The Kier molecular flexibility index (Phi) is 15.3. The summed E-state index contributed by atoms with van der Waals surface area (Å²) in [5.74, 6) is -3.94. The summed E-state index contributed by atoms with van der Waals surface area (Å²) < 4.78 is 38.6. The topological polar surface area (TPSA) is 162 Å². The van der Waals surface area contributed by atoms with Crippen molar-refractivity contribution in [3.8, 4) is 0 Å². The third kappa shape index (κ3) is 10.3. The SMILES string of the molecule is C=C1CNC(=O)O[C@]2(C)C[C@@H](C)C(=O)[C@H](C)[C@@H]3N(CCCCc4ccccc4)C(=O)O[C@]3(C)[C@@H](CC)OC(=O)[C@H](C)[C@@H](OC1)[C@H](C)[C@H]2O[C@@H]1O[C@H](C)C[C@H](N(C)C)[C@H]1O. The summed E-state index contributed by atoms with van der Waals surface area (Å²) in [6.45, 7) is 18.8. The number of cyclic esters (lactones) is 1. The molecule has 0 unspecified atom stereocenters. The number of nitrogens with zero attached hydrogens (tertiary/aromatic N) is 2. The van der Waals surface area contributed by atoms with Crippen molar-refractivity contribution in [2.75, 3.05) is 33.8 Å². The van der Waals surface area contributed by atoms with E-state index in [1.54, 1.807) is 39.5 Å². The van der Waals surface area contributed by atoms with Gasteiger partial charge in [0, 0.05) is 36.9 Å². The molecule has 0 aromatic heterocycles. The van der Waals surface area contributed by atoms with Gasteiger partial charge in [-0.2, -0.15) is 0 Å². The van der Waals surface area contributed by atoms with Gasteiger partial charge < -0.3 is 48.6 Å². The second-order valence-corrected chi connectivity index (χ2v) is 18.1. The van der Waals surface area contributed by atoms with Gasteiger partial charge in [0.15, 0.2) is 11.9 Å². The third-order valence-corrected chi connectivity index (χ3v) is 13.1. The van der Waals surface area contributed by atoms with Gasteiger partial charge in [0.1, 0.15) is 29.7 Å². The zero-order valence-corrected chi connectivity index (χ0v) is 36.8. The van der Waals surface area contributed by atoms with Gasteiger partial charge in [0.2, 0.25) is 0 Å². The molecule has 59 heavy (non-hydrogen) atoms. The Morgan fingerprint density at radius 2 is 1.69 bits per heavy atom. The molecule has 14 atom stereocenters. The molecule has 5 rings (SSSR count). The van der Waals surface area contributed by atoms with Gasteiger partial charge in [0.05, 0.1) is 30.8 Å². The summed E-state index contributed by atoms with van der Waals surface area (Å²) >= 11 is 0. The van der Waals surface area contributed by atoms with Crippen molar-refractivity contribution in [2.45, 2.75) is 154 Å². The lowest BCUT2D eigenvalue weighted by atomic mass is 9.73. The quantitative estimate of drug-likeness (QED) is 0.136. The first kappa shape index (κ1) is 46.5. The number of aliphatic hydroxyl groups excluding tert-OH is 1. The first-order valence-corrected chi connectivity index (χ1v) is 21.5. The lowest BCUT2D eigenvalue weighted by Gasteiger charge is -2.48. The van der Waals surface area contributed by atoms with Gasteiger partial charge in [0.25, 0.3) is 0 Å². The molecular weight excluding hydrogens is 759 g/mol. The lowest BCUT2D eigenvalue weighted by Crippen LogP contribution is -2.61. The van der Waals surface area contributed by atoms with Gasteiger partial charge >= 0.3 is 18.2 Å². The molecule has 2 bridgehead atoms. The van der Waals surface area contributed by atoms with E-state index in [9.17, 15) is 24.3 Å². The van der Waals surface area contributed by atoms with E-state index in [1.165, 1.54) is 5.56 Å². The van der Waals surface area contributed by atoms with Crippen LogP contribution in [0.25, 0.3) is 0 Å². The van der Waals surface area contributed by atoms with E-state index < -0.39 is 89.8 Å². The highest BCUT2D eigenvalue weighted by molar-refractivity contribution is 5.85. The van der Waals surface area contributed by atoms with Crippen LogP contribution in [0.3, 0.4) is 0 Å². The molecule has 14 nitrogen and oxygen atoms in total. The van der Waals surface area contributed by atoms with Crippen LogP contribution in [0.2, 0.25) is 0 Å². The summed E-state index contributed by atoms with van der Waals surface area (Å²) in [7, 11) is 3.75. The Bertz CT molecular complexity index is 1640. The molecule has 330 valence electrons. The van der Waals surface area contributed by atoms with Crippen molar-refractivity contribution < 1.29 is 52.7 Å². The first-order chi connectivity index (χ1) is 27.8. The Morgan fingerprint density at radius 1 is 1.00 bits per heavy atom. The number of rotatable bonds is 9. The van der Waals surface area contributed by atoms with E-state index in [4.69, 9.17) is 28.4 Å². The standard InChI is InChI=1S/C45H69N3O11/c1-12-34-45(9)38(48(43(53)59-45)21-17-16-20-32-18-14-13-15-19-32)29(5)35(49)27(3)23-44(8)39(57-41-36(50)33(47(10)11)22-28(4)55-41)30(6)37(31(7)40(51)56-34)54-25-26(2)24-46-42(52)58-44/h13-15,18-19,27-31,33-34,36-39,41,50H,2,12,16-17,20-25H2,1,3-11H3,(H,46,52)/t27-,28-,29+,30+,31-,33+,34-,36-,37+,38+,39-,41+,44-,45-/m1/s1. The monoisotopic (exact) mass is 827 g/mol. The van der Waals surface area contributed by atoms with Crippen molar-refractivity contribution in [2.24, 2.45) is 23.7 Å². The van der Waals surface area contributed by atoms with Crippen LogP contribution in [0.1, 0.15) is 93.1 Å². The Labute approximate surface area is 350 Å². The van der Waals surface area contributed by atoms with Gasteiger partial charge in [-0.3, -0.25) is 9.59 Å². The minimum Gasteiger partial charge on any atom is -0.458 e. The summed E-state index contributed by atoms with van der Waals surface area (Å²) in [6, 6.07) is 9.02. The molecule has 0 radical (unpaired) electrons. The van der Waals surface area contributed by atoms with Crippen molar-refractivity contribution in [1.29, 1.82) is 0 Å². The molecule has 0 saturated carbocycles. The Balaban J connectivity index is 1.59. The van der Waals surface area contributed by atoms with Crippen LogP contribution in [0.4, 0.5) is 9.59 Å². The van der Waals surface area contributed by atoms with Crippen LogP contribution in [-0.2, 0) is 44.4 Å². The number of hydrogen-bond donors (Lipinski definition) is 2. The molecule has 1 aromatic rings. The number of unbranched alkanes of at least 4 members (excludes halogenated alkanes) is 1. The van der Waals surface area contributed by atoms with Crippen LogP contribution in [0.5, 0.6) is 0 Å². The van der Waals surface area contributed by atoms with Gasteiger partial charge in [-0.1, -0.05) is 64.6 Å². The average Bonchev–Trinajstić information content (AvgIpc) is 3.44. The Morgan fingerprint density at radius 3 is 2.36 bits per heavy atom. The number of fused-ring (bicyclic) bond motifs is 4. The van der Waals surface area contributed by atoms with Crippen molar-refractivity contribution in [1.82, 2.24) is 15.1 Å². The number of likely N-dealkylation sites (N-methyl/N-ethyl adjacent to an activating group) is 1. The number of ketones is 1. The molecule has 4 aliphatic heterocycles. The number of esters is 1. The largest absolute Gasteiger partial charge is 0.458 e. The van der Waals surface area contributed by atoms with E-state index in [2.05, 4.69) is 24.0 Å². The van der Waals surface area contributed by atoms with Crippen LogP contribution >= 0.6 is 0 Å². The molecule has 0 spiro atoms. The van der Waals surface area contributed by atoms with Crippen LogP contribution in [0, 0.1) is 23.7 Å². The summed E-state index contributed by atoms with van der Waals surface area (Å²) in [6.07, 6.45) is -3.59.